The molecule has 0 bridgehead atoms. The van der Waals surface area contributed by atoms with Gasteiger partial charge in [-0.15, -0.1) is 0 Å². The molecule has 31 heavy (non-hydrogen) atoms. The average molecular weight is 396 g/mol. The fourth-order valence-electron chi connectivity index (χ4n) is 4.74. The van der Waals surface area contributed by atoms with Gasteiger partial charge in [-0.2, -0.15) is 0 Å². The molecule has 146 valence electrons. The second kappa shape index (κ2) is 6.78. The minimum Gasteiger partial charge on any atom is -0.298 e. The van der Waals surface area contributed by atoms with Crippen LogP contribution in [0.2, 0.25) is 0 Å². The zero-order chi connectivity index (χ0) is 20.9. The molecule has 6 rings (SSSR count). The molecule has 0 heterocycles. The second-order valence-electron chi connectivity index (χ2n) is 8.32. The highest BCUT2D eigenvalue weighted by Crippen LogP contribution is 2.35. The van der Waals surface area contributed by atoms with Crippen molar-refractivity contribution in [2.45, 2.75) is 6.92 Å². The molecule has 0 aliphatic heterocycles. The molecule has 0 aliphatic rings. The summed E-state index contributed by atoms with van der Waals surface area (Å²) in [5.74, 6) is 0. The maximum Gasteiger partial charge on any atom is 0.150 e. The van der Waals surface area contributed by atoms with Crippen LogP contribution >= 0.6 is 0 Å². The summed E-state index contributed by atoms with van der Waals surface area (Å²) in [4.78, 5) is 12.1. The predicted molar refractivity (Wildman–Crippen MR) is 132 cm³/mol. The third-order valence-corrected chi connectivity index (χ3v) is 6.34. The Labute approximate surface area is 180 Å². The summed E-state index contributed by atoms with van der Waals surface area (Å²) in [7, 11) is 0. The number of hydrogen-bond acceptors (Lipinski definition) is 1. The summed E-state index contributed by atoms with van der Waals surface area (Å²) >= 11 is 0. The first-order chi connectivity index (χ1) is 15.2. The molecular weight excluding hydrogens is 376 g/mol. The molecule has 0 unspecified atom stereocenters. The second-order valence-corrected chi connectivity index (χ2v) is 8.32. The first-order valence-corrected chi connectivity index (χ1v) is 10.5. The van der Waals surface area contributed by atoms with E-state index in [-0.39, 0.29) is 0 Å². The molecule has 1 nitrogen and oxygen atoms in total. The van der Waals surface area contributed by atoms with Crippen LogP contribution in [0.5, 0.6) is 0 Å². The summed E-state index contributed by atoms with van der Waals surface area (Å²) < 4.78 is 0. The minimum absolute atomic E-state index is 0.728. The molecule has 0 atom stereocenters. The van der Waals surface area contributed by atoms with Gasteiger partial charge < -0.3 is 0 Å². The Morgan fingerprint density at radius 3 is 1.39 bits per heavy atom. The highest BCUT2D eigenvalue weighted by Gasteiger charge is 2.12. The predicted octanol–water partition coefficient (Wildman–Crippen LogP) is 8.09. The molecule has 0 saturated heterocycles. The lowest BCUT2D eigenvalue weighted by Crippen LogP contribution is -1.92. The van der Waals surface area contributed by atoms with Crippen LogP contribution in [0.3, 0.4) is 0 Å². The van der Waals surface area contributed by atoms with Crippen molar-refractivity contribution < 1.29 is 4.79 Å². The Morgan fingerprint density at radius 2 is 0.903 bits per heavy atom. The largest absolute Gasteiger partial charge is 0.298 e. The number of carbonyl (C=O) groups is 1. The number of hydrogen-bond donors (Lipinski definition) is 0. The highest BCUT2D eigenvalue weighted by molar-refractivity contribution is 6.06. The highest BCUT2D eigenvalue weighted by atomic mass is 16.1. The summed E-state index contributed by atoms with van der Waals surface area (Å²) in [6.45, 7) is 2.13. The van der Waals surface area contributed by atoms with Crippen molar-refractivity contribution in [3.63, 3.8) is 0 Å². The molecule has 0 radical (unpaired) electrons. The van der Waals surface area contributed by atoms with Gasteiger partial charge in [-0.3, -0.25) is 4.79 Å². The Morgan fingerprint density at radius 1 is 0.484 bits per heavy atom. The minimum atomic E-state index is 0.728. The van der Waals surface area contributed by atoms with Crippen LogP contribution in [0, 0.1) is 6.92 Å². The van der Waals surface area contributed by atoms with Crippen LogP contribution in [-0.4, -0.2) is 6.29 Å². The Kier molecular flexibility index (Phi) is 3.91. The van der Waals surface area contributed by atoms with Gasteiger partial charge in [0.25, 0.3) is 0 Å². The van der Waals surface area contributed by atoms with Crippen LogP contribution in [0.1, 0.15) is 15.9 Å². The van der Waals surface area contributed by atoms with Gasteiger partial charge >= 0.3 is 0 Å². The van der Waals surface area contributed by atoms with E-state index >= 15 is 0 Å². The molecule has 6 aromatic rings. The van der Waals surface area contributed by atoms with Gasteiger partial charge in [-0.05, 0) is 109 Å². The quantitative estimate of drug-likeness (QED) is 0.213. The third-order valence-electron chi connectivity index (χ3n) is 6.34. The standard InChI is InChI=1S/C30H20O/c1-19-10-24-11-20-6-2-4-8-22(20)13-26(24)16-29(19)30-17-27-14-23-9-5-3-7-21(23)12-25(27)15-28(30)18-31/h2-18H,1H3. The maximum atomic E-state index is 12.1. The molecule has 6 aromatic carbocycles. The summed E-state index contributed by atoms with van der Waals surface area (Å²) in [5, 5.41) is 9.52. The monoisotopic (exact) mass is 396 g/mol. The van der Waals surface area contributed by atoms with Crippen LogP contribution in [0.25, 0.3) is 54.2 Å². The molecule has 0 aliphatic carbocycles. The molecule has 0 amide bonds. The van der Waals surface area contributed by atoms with Gasteiger partial charge in [0.2, 0.25) is 0 Å². The summed E-state index contributed by atoms with van der Waals surface area (Å²) in [6, 6.07) is 34.3. The number of benzene rings is 6. The molecule has 1 heteroatoms. The van der Waals surface area contributed by atoms with Gasteiger partial charge in [0.05, 0.1) is 0 Å². The van der Waals surface area contributed by atoms with Crippen molar-refractivity contribution in [1.29, 1.82) is 0 Å². The van der Waals surface area contributed by atoms with Crippen molar-refractivity contribution in [2.24, 2.45) is 0 Å². The molecule has 0 aromatic heterocycles. The lowest BCUT2D eigenvalue weighted by atomic mass is 9.90. The van der Waals surface area contributed by atoms with E-state index in [1.165, 1.54) is 37.9 Å². The zero-order valence-corrected chi connectivity index (χ0v) is 17.2. The van der Waals surface area contributed by atoms with Gasteiger partial charge in [0, 0.05) is 5.56 Å². The molecule has 0 N–H and O–H groups in total. The van der Waals surface area contributed by atoms with Crippen LogP contribution < -0.4 is 0 Å². The van der Waals surface area contributed by atoms with Gasteiger partial charge in [0.1, 0.15) is 0 Å². The smallest absolute Gasteiger partial charge is 0.150 e. The number of carbonyl (C=O) groups excluding carboxylic acids is 1. The first-order valence-electron chi connectivity index (χ1n) is 10.5. The number of rotatable bonds is 2. The van der Waals surface area contributed by atoms with Crippen molar-refractivity contribution in [2.75, 3.05) is 0 Å². The van der Waals surface area contributed by atoms with Crippen molar-refractivity contribution >= 4 is 49.4 Å². The van der Waals surface area contributed by atoms with Crippen molar-refractivity contribution in [1.82, 2.24) is 0 Å². The van der Waals surface area contributed by atoms with Gasteiger partial charge in [-0.25, -0.2) is 0 Å². The van der Waals surface area contributed by atoms with E-state index in [0.717, 1.165) is 33.7 Å². The molecule has 0 saturated carbocycles. The fraction of sp³-hybridized carbons (Fsp3) is 0.0333. The Bertz CT molecular complexity index is 1660. The van der Waals surface area contributed by atoms with E-state index in [4.69, 9.17) is 0 Å². The summed E-state index contributed by atoms with van der Waals surface area (Å²) in [6.07, 6.45) is 0.980. The lowest BCUT2D eigenvalue weighted by molar-refractivity contribution is 0.112. The van der Waals surface area contributed by atoms with Crippen LogP contribution in [-0.2, 0) is 0 Å². The molecular formula is C30H20O. The van der Waals surface area contributed by atoms with Crippen LogP contribution in [0.15, 0.2) is 97.1 Å². The van der Waals surface area contributed by atoms with Crippen LogP contribution in [0.4, 0.5) is 0 Å². The van der Waals surface area contributed by atoms with E-state index in [9.17, 15) is 4.79 Å². The fourth-order valence-corrected chi connectivity index (χ4v) is 4.74. The first kappa shape index (κ1) is 17.9. The number of aryl methyl sites for hydroxylation is 1. The van der Waals surface area contributed by atoms with E-state index < -0.39 is 0 Å². The third kappa shape index (κ3) is 2.90. The maximum absolute atomic E-state index is 12.1. The van der Waals surface area contributed by atoms with E-state index in [2.05, 4.69) is 91.9 Å². The van der Waals surface area contributed by atoms with Gasteiger partial charge in [-0.1, -0.05) is 54.6 Å². The van der Waals surface area contributed by atoms with E-state index in [1.807, 2.05) is 12.1 Å². The summed E-state index contributed by atoms with van der Waals surface area (Å²) in [5.41, 5.74) is 4.00. The number of aldehydes is 1. The number of fused-ring (bicyclic) bond motifs is 4. The lowest BCUT2D eigenvalue weighted by Gasteiger charge is -2.14. The van der Waals surface area contributed by atoms with Gasteiger partial charge in [0.15, 0.2) is 6.29 Å². The zero-order valence-electron chi connectivity index (χ0n) is 17.2. The van der Waals surface area contributed by atoms with E-state index in [0.29, 0.717) is 0 Å². The molecule has 0 spiro atoms. The topological polar surface area (TPSA) is 17.1 Å². The Balaban J connectivity index is 1.63. The molecule has 0 fully saturated rings. The average Bonchev–Trinajstić information content (AvgIpc) is 2.80. The van der Waals surface area contributed by atoms with E-state index in [1.54, 1.807) is 0 Å². The Hall–Kier alpha value is -3.97. The van der Waals surface area contributed by atoms with Crippen molar-refractivity contribution in [3.05, 3.63) is 108 Å². The normalized spacial score (nSPS) is 11.5. The SMILES string of the molecule is Cc1cc2cc3ccccc3cc2cc1-c1cc2cc3ccccc3cc2cc1C=O. The van der Waals surface area contributed by atoms with Crippen molar-refractivity contribution in [3.8, 4) is 11.1 Å².